The second kappa shape index (κ2) is 4.70. The molecule has 18 heavy (non-hydrogen) atoms. The second-order valence-corrected chi connectivity index (χ2v) is 3.63. The van der Waals surface area contributed by atoms with Crippen LogP contribution in [0.3, 0.4) is 0 Å². The Morgan fingerprint density at radius 3 is 2.72 bits per heavy atom. The van der Waals surface area contributed by atoms with Crippen LogP contribution in [0.2, 0.25) is 0 Å². The monoisotopic (exact) mass is 247 g/mol. The van der Waals surface area contributed by atoms with E-state index in [0.717, 1.165) is 12.1 Å². The molecule has 0 saturated carbocycles. The first-order chi connectivity index (χ1) is 8.56. The third-order valence-corrected chi connectivity index (χ3v) is 2.30. The minimum Gasteiger partial charge on any atom is -0.397 e. The Balaban J connectivity index is 2.24. The molecule has 0 spiro atoms. The maximum atomic E-state index is 12.8. The third-order valence-electron chi connectivity index (χ3n) is 2.30. The number of H-pyrrole nitrogens is 1. The van der Waals surface area contributed by atoms with Crippen molar-refractivity contribution < 1.29 is 9.18 Å². The number of carbonyl (C=O) groups is 1. The topological polar surface area (TPSA) is 88.0 Å². The van der Waals surface area contributed by atoms with E-state index in [0.29, 0.717) is 5.69 Å². The Bertz CT molecular complexity index is 652. The molecule has 1 heterocycles. The van der Waals surface area contributed by atoms with Gasteiger partial charge in [-0.2, -0.15) is 0 Å². The fourth-order valence-corrected chi connectivity index (χ4v) is 1.43. The highest BCUT2D eigenvalue weighted by atomic mass is 19.1. The number of hydrogen-bond acceptors (Lipinski definition) is 3. The lowest BCUT2D eigenvalue weighted by molar-refractivity contribution is 0.102. The quantitative estimate of drug-likeness (QED) is 0.700. The number of nitrogens with two attached hydrogens (primary N) is 1. The molecule has 0 bridgehead atoms. The largest absolute Gasteiger partial charge is 0.397 e. The molecule has 0 aliphatic carbocycles. The number of aromatic amines is 1. The van der Waals surface area contributed by atoms with Gasteiger partial charge in [0.1, 0.15) is 5.82 Å². The van der Waals surface area contributed by atoms with Gasteiger partial charge in [-0.3, -0.25) is 9.59 Å². The van der Waals surface area contributed by atoms with Crippen LogP contribution >= 0.6 is 0 Å². The van der Waals surface area contributed by atoms with Crippen LogP contribution in [0.25, 0.3) is 0 Å². The Hall–Kier alpha value is -2.63. The fourth-order valence-electron chi connectivity index (χ4n) is 1.43. The van der Waals surface area contributed by atoms with Crippen molar-refractivity contribution in [1.29, 1.82) is 0 Å². The van der Waals surface area contributed by atoms with E-state index in [-0.39, 0.29) is 16.8 Å². The van der Waals surface area contributed by atoms with E-state index >= 15 is 0 Å². The van der Waals surface area contributed by atoms with Crippen molar-refractivity contribution >= 4 is 17.3 Å². The molecule has 1 amide bonds. The third kappa shape index (κ3) is 2.54. The summed E-state index contributed by atoms with van der Waals surface area (Å²) in [6, 6.07) is 6.26. The lowest BCUT2D eigenvalue weighted by Gasteiger charge is -2.07. The van der Waals surface area contributed by atoms with Gasteiger partial charge in [-0.1, -0.05) is 0 Å². The van der Waals surface area contributed by atoms with Gasteiger partial charge >= 0.3 is 0 Å². The van der Waals surface area contributed by atoms with Gasteiger partial charge in [-0.25, -0.2) is 4.39 Å². The summed E-state index contributed by atoms with van der Waals surface area (Å²) in [5.41, 5.74) is 5.78. The first-order valence-electron chi connectivity index (χ1n) is 5.11. The Morgan fingerprint density at radius 2 is 2.06 bits per heavy atom. The van der Waals surface area contributed by atoms with Crippen LogP contribution in [-0.4, -0.2) is 10.9 Å². The molecule has 1 aromatic carbocycles. The van der Waals surface area contributed by atoms with Crippen LogP contribution in [0, 0.1) is 5.82 Å². The summed E-state index contributed by atoms with van der Waals surface area (Å²) in [4.78, 5) is 25.2. The summed E-state index contributed by atoms with van der Waals surface area (Å²) in [5.74, 6) is -0.971. The van der Waals surface area contributed by atoms with Crippen molar-refractivity contribution in [2.75, 3.05) is 11.1 Å². The zero-order valence-electron chi connectivity index (χ0n) is 9.24. The number of aromatic nitrogens is 1. The Morgan fingerprint density at radius 1 is 1.28 bits per heavy atom. The number of amides is 1. The predicted molar refractivity (Wildman–Crippen MR) is 65.8 cm³/mol. The summed E-state index contributed by atoms with van der Waals surface area (Å²) >= 11 is 0. The lowest BCUT2D eigenvalue weighted by Crippen LogP contribution is -2.16. The summed E-state index contributed by atoms with van der Waals surface area (Å²) in [6.07, 6.45) is 1.37. The highest BCUT2D eigenvalue weighted by Gasteiger charge is 2.08. The number of halogens is 1. The molecule has 1 aromatic heterocycles. The molecule has 5 nitrogen and oxygen atoms in total. The van der Waals surface area contributed by atoms with E-state index in [1.807, 2.05) is 0 Å². The molecule has 0 aliphatic heterocycles. The normalized spacial score (nSPS) is 10.1. The van der Waals surface area contributed by atoms with Crippen LogP contribution in [0.4, 0.5) is 15.8 Å². The Kier molecular flexibility index (Phi) is 3.09. The summed E-state index contributed by atoms with van der Waals surface area (Å²) in [7, 11) is 0. The van der Waals surface area contributed by atoms with E-state index in [1.165, 1.54) is 24.4 Å². The van der Waals surface area contributed by atoms with Crippen molar-refractivity contribution in [3.63, 3.8) is 0 Å². The van der Waals surface area contributed by atoms with E-state index < -0.39 is 11.7 Å². The molecule has 0 atom stereocenters. The minimum atomic E-state index is -0.487. The zero-order valence-corrected chi connectivity index (χ0v) is 9.24. The highest BCUT2D eigenvalue weighted by molar-refractivity contribution is 6.05. The molecule has 2 rings (SSSR count). The molecule has 0 radical (unpaired) electrons. The maximum absolute atomic E-state index is 12.8. The van der Waals surface area contributed by atoms with E-state index in [1.54, 1.807) is 0 Å². The maximum Gasteiger partial charge on any atom is 0.255 e. The first-order valence-corrected chi connectivity index (χ1v) is 5.11. The van der Waals surface area contributed by atoms with Gasteiger partial charge in [0.25, 0.3) is 5.91 Å². The SMILES string of the molecule is Nc1cc(F)ccc1NC(=O)c1cc[nH]c(=O)c1. The van der Waals surface area contributed by atoms with E-state index in [4.69, 9.17) is 5.73 Å². The van der Waals surface area contributed by atoms with Gasteiger partial charge in [0.15, 0.2) is 0 Å². The molecule has 0 fully saturated rings. The highest BCUT2D eigenvalue weighted by Crippen LogP contribution is 2.19. The number of nitrogen functional groups attached to an aromatic ring is 1. The number of benzene rings is 1. The van der Waals surface area contributed by atoms with E-state index in [2.05, 4.69) is 10.3 Å². The van der Waals surface area contributed by atoms with Crippen LogP contribution in [0.5, 0.6) is 0 Å². The van der Waals surface area contributed by atoms with Gasteiger partial charge in [0.2, 0.25) is 5.56 Å². The zero-order chi connectivity index (χ0) is 13.1. The van der Waals surface area contributed by atoms with Crippen molar-refractivity contribution in [3.05, 3.63) is 58.3 Å². The van der Waals surface area contributed by atoms with E-state index in [9.17, 15) is 14.0 Å². The number of hydrogen-bond donors (Lipinski definition) is 3. The lowest BCUT2D eigenvalue weighted by atomic mass is 10.2. The van der Waals surface area contributed by atoms with Crippen molar-refractivity contribution in [2.45, 2.75) is 0 Å². The van der Waals surface area contributed by atoms with Crippen molar-refractivity contribution in [2.24, 2.45) is 0 Å². The number of pyridine rings is 1. The standard InChI is InChI=1S/C12H10FN3O2/c13-8-1-2-10(9(14)6-8)16-12(18)7-3-4-15-11(17)5-7/h1-6H,14H2,(H,15,17)(H,16,18). The number of rotatable bonds is 2. The first kappa shape index (κ1) is 11.8. The van der Waals surface area contributed by atoms with Crippen LogP contribution in [-0.2, 0) is 0 Å². The molecule has 92 valence electrons. The average Bonchev–Trinajstić information content (AvgIpc) is 2.32. The molecule has 4 N–H and O–H groups in total. The number of nitrogens with one attached hydrogen (secondary N) is 2. The minimum absolute atomic E-state index is 0.119. The smallest absolute Gasteiger partial charge is 0.255 e. The second-order valence-electron chi connectivity index (χ2n) is 3.63. The molecular formula is C12H10FN3O2. The predicted octanol–water partition coefficient (Wildman–Crippen LogP) is 1.35. The molecule has 0 saturated heterocycles. The molecule has 0 unspecified atom stereocenters. The fraction of sp³-hybridized carbons (Fsp3) is 0. The van der Waals surface area contributed by atoms with Crippen LogP contribution in [0.1, 0.15) is 10.4 Å². The molecule has 0 aliphatic rings. The number of carbonyl (C=O) groups excluding carboxylic acids is 1. The van der Waals surface area contributed by atoms with Gasteiger partial charge in [-0.15, -0.1) is 0 Å². The number of anilines is 2. The van der Waals surface area contributed by atoms with Crippen molar-refractivity contribution in [1.82, 2.24) is 4.98 Å². The summed E-state index contributed by atoms with van der Waals surface area (Å²) < 4.78 is 12.8. The Labute approximate surface area is 101 Å². The van der Waals surface area contributed by atoms with Gasteiger partial charge in [0, 0.05) is 17.8 Å². The molecule has 2 aromatic rings. The van der Waals surface area contributed by atoms with Gasteiger partial charge in [0.05, 0.1) is 11.4 Å². The average molecular weight is 247 g/mol. The molecular weight excluding hydrogens is 237 g/mol. The summed E-state index contributed by atoms with van der Waals surface area (Å²) in [6.45, 7) is 0. The summed E-state index contributed by atoms with van der Waals surface area (Å²) in [5, 5.41) is 2.50. The van der Waals surface area contributed by atoms with Gasteiger partial charge in [-0.05, 0) is 24.3 Å². The van der Waals surface area contributed by atoms with Crippen LogP contribution in [0.15, 0.2) is 41.3 Å². The molecule has 6 heteroatoms. The van der Waals surface area contributed by atoms with Crippen molar-refractivity contribution in [3.8, 4) is 0 Å². The van der Waals surface area contributed by atoms with Gasteiger partial charge < -0.3 is 16.0 Å². The van der Waals surface area contributed by atoms with Crippen LogP contribution < -0.4 is 16.6 Å².